The molecule has 1 atom stereocenters. The van der Waals surface area contributed by atoms with Crippen molar-refractivity contribution in [1.29, 1.82) is 5.26 Å². The van der Waals surface area contributed by atoms with Crippen LogP contribution in [0, 0.1) is 17.2 Å². The van der Waals surface area contributed by atoms with Crippen LogP contribution in [0.3, 0.4) is 0 Å². The standard InChI is InChI=1S/C16H23N3/c1-3-11-18-16(12-17,14-9-10-14)13-19(2)15-7-5-4-6-8-15/h4-8,14,18H,3,9-11,13H2,1-2H3. The SMILES string of the molecule is CCCNC(C#N)(CN(C)c1ccccc1)C1CC1. The van der Waals surface area contributed by atoms with Crippen LogP contribution < -0.4 is 10.2 Å². The van der Waals surface area contributed by atoms with Crippen molar-refractivity contribution >= 4 is 5.69 Å². The van der Waals surface area contributed by atoms with E-state index < -0.39 is 0 Å². The van der Waals surface area contributed by atoms with E-state index in [4.69, 9.17) is 0 Å². The Kier molecular flexibility index (Phi) is 4.44. The van der Waals surface area contributed by atoms with Crippen molar-refractivity contribution in [3.05, 3.63) is 30.3 Å². The van der Waals surface area contributed by atoms with Gasteiger partial charge in [0.15, 0.2) is 0 Å². The number of likely N-dealkylation sites (N-methyl/N-ethyl adjacent to an activating group) is 1. The van der Waals surface area contributed by atoms with Gasteiger partial charge in [-0.2, -0.15) is 5.26 Å². The van der Waals surface area contributed by atoms with E-state index in [1.807, 2.05) is 18.2 Å². The summed E-state index contributed by atoms with van der Waals surface area (Å²) in [5.41, 5.74) is 0.779. The van der Waals surface area contributed by atoms with Crippen molar-refractivity contribution in [3.8, 4) is 6.07 Å². The molecule has 1 unspecified atom stereocenters. The topological polar surface area (TPSA) is 39.1 Å². The molecule has 1 saturated carbocycles. The Balaban J connectivity index is 2.09. The van der Waals surface area contributed by atoms with Gasteiger partial charge in [-0.3, -0.25) is 5.32 Å². The van der Waals surface area contributed by atoms with E-state index in [0.717, 1.165) is 19.5 Å². The third-order valence-electron chi connectivity index (χ3n) is 3.85. The molecule has 0 aromatic heterocycles. The third kappa shape index (κ3) is 3.27. The van der Waals surface area contributed by atoms with Gasteiger partial charge in [0.1, 0.15) is 5.54 Å². The summed E-state index contributed by atoms with van der Waals surface area (Å²) < 4.78 is 0. The first kappa shape index (κ1) is 13.9. The maximum Gasteiger partial charge on any atom is 0.127 e. The zero-order valence-electron chi connectivity index (χ0n) is 11.9. The van der Waals surface area contributed by atoms with Crippen LogP contribution in [0.2, 0.25) is 0 Å². The largest absolute Gasteiger partial charge is 0.372 e. The van der Waals surface area contributed by atoms with Crippen LogP contribution in [-0.2, 0) is 0 Å². The van der Waals surface area contributed by atoms with Gasteiger partial charge in [-0.15, -0.1) is 0 Å². The number of nitrogens with one attached hydrogen (secondary N) is 1. The van der Waals surface area contributed by atoms with E-state index in [-0.39, 0.29) is 5.54 Å². The number of para-hydroxylation sites is 1. The maximum absolute atomic E-state index is 9.67. The molecule has 0 amide bonds. The lowest BCUT2D eigenvalue weighted by Crippen LogP contribution is -2.54. The van der Waals surface area contributed by atoms with Gasteiger partial charge < -0.3 is 4.90 Å². The molecule has 3 nitrogen and oxygen atoms in total. The van der Waals surface area contributed by atoms with Crippen LogP contribution in [0.4, 0.5) is 5.69 Å². The fourth-order valence-corrected chi connectivity index (χ4v) is 2.57. The van der Waals surface area contributed by atoms with Crippen molar-refractivity contribution in [2.24, 2.45) is 5.92 Å². The molecule has 1 aliphatic carbocycles. The third-order valence-corrected chi connectivity index (χ3v) is 3.85. The summed E-state index contributed by atoms with van der Waals surface area (Å²) in [5, 5.41) is 13.2. The second-order valence-electron chi connectivity index (χ2n) is 5.48. The average molecular weight is 257 g/mol. The van der Waals surface area contributed by atoms with Gasteiger partial charge in [0.2, 0.25) is 0 Å². The average Bonchev–Trinajstić information content (AvgIpc) is 3.29. The molecule has 0 aliphatic heterocycles. The van der Waals surface area contributed by atoms with E-state index in [0.29, 0.717) is 5.92 Å². The molecular weight excluding hydrogens is 234 g/mol. The number of nitrogens with zero attached hydrogens (tertiary/aromatic N) is 2. The highest BCUT2D eigenvalue weighted by atomic mass is 15.2. The minimum atomic E-state index is -0.388. The molecule has 19 heavy (non-hydrogen) atoms. The zero-order valence-corrected chi connectivity index (χ0v) is 11.9. The van der Waals surface area contributed by atoms with E-state index in [9.17, 15) is 5.26 Å². The maximum atomic E-state index is 9.67. The molecule has 102 valence electrons. The molecular formula is C16H23N3. The van der Waals surface area contributed by atoms with Gasteiger partial charge in [-0.05, 0) is 43.9 Å². The second kappa shape index (κ2) is 6.08. The van der Waals surface area contributed by atoms with Crippen LogP contribution in [0.1, 0.15) is 26.2 Å². The molecule has 1 N–H and O–H groups in total. The van der Waals surface area contributed by atoms with Gasteiger partial charge in [0, 0.05) is 19.3 Å². The minimum absolute atomic E-state index is 0.388. The number of hydrogen-bond donors (Lipinski definition) is 1. The second-order valence-corrected chi connectivity index (χ2v) is 5.48. The molecule has 0 saturated heterocycles. The molecule has 0 bridgehead atoms. The zero-order chi connectivity index (χ0) is 13.7. The van der Waals surface area contributed by atoms with Crippen molar-refractivity contribution < 1.29 is 0 Å². The summed E-state index contributed by atoms with van der Waals surface area (Å²) in [7, 11) is 2.07. The number of hydrogen-bond acceptors (Lipinski definition) is 3. The summed E-state index contributed by atoms with van der Waals surface area (Å²) in [6.07, 6.45) is 3.41. The fraction of sp³-hybridized carbons (Fsp3) is 0.562. The molecule has 1 fully saturated rings. The summed E-state index contributed by atoms with van der Waals surface area (Å²) in [4.78, 5) is 2.18. The monoisotopic (exact) mass is 257 g/mol. The van der Waals surface area contributed by atoms with Crippen molar-refractivity contribution in [3.63, 3.8) is 0 Å². The molecule has 1 aromatic rings. The number of benzene rings is 1. The Hall–Kier alpha value is -1.53. The lowest BCUT2D eigenvalue weighted by atomic mass is 9.93. The van der Waals surface area contributed by atoms with Gasteiger partial charge in [-0.1, -0.05) is 25.1 Å². The van der Waals surface area contributed by atoms with E-state index in [2.05, 4.69) is 42.4 Å². The Labute approximate surface area is 116 Å². The van der Waals surface area contributed by atoms with Crippen LogP contribution in [0.5, 0.6) is 0 Å². The van der Waals surface area contributed by atoms with Crippen LogP contribution in [-0.4, -0.2) is 25.7 Å². The molecule has 0 spiro atoms. The highest BCUT2D eigenvalue weighted by Crippen LogP contribution is 2.40. The van der Waals surface area contributed by atoms with Gasteiger partial charge in [0.25, 0.3) is 0 Å². The Morgan fingerprint density at radius 3 is 2.58 bits per heavy atom. The number of rotatable bonds is 7. The molecule has 3 heteroatoms. The summed E-state index contributed by atoms with van der Waals surface area (Å²) in [5.74, 6) is 0.509. The van der Waals surface area contributed by atoms with Gasteiger partial charge in [-0.25, -0.2) is 0 Å². The molecule has 1 aliphatic rings. The fourth-order valence-electron chi connectivity index (χ4n) is 2.57. The Morgan fingerprint density at radius 2 is 2.05 bits per heavy atom. The summed E-state index contributed by atoms with van der Waals surface area (Å²) in [6.45, 7) is 3.80. The Bertz CT molecular complexity index is 433. The smallest absolute Gasteiger partial charge is 0.127 e. The van der Waals surface area contributed by atoms with Crippen molar-refractivity contribution in [2.75, 3.05) is 25.0 Å². The van der Waals surface area contributed by atoms with Crippen LogP contribution >= 0.6 is 0 Å². The minimum Gasteiger partial charge on any atom is -0.372 e. The molecule has 2 rings (SSSR count). The number of nitriles is 1. The van der Waals surface area contributed by atoms with Crippen molar-refractivity contribution in [2.45, 2.75) is 31.7 Å². The predicted octanol–water partition coefficient (Wildman–Crippen LogP) is 2.79. The van der Waals surface area contributed by atoms with E-state index in [1.54, 1.807) is 0 Å². The molecule has 1 aromatic carbocycles. The van der Waals surface area contributed by atoms with Crippen LogP contribution in [0.15, 0.2) is 30.3 Å². The van der Waals surface area contributed by atoms with Crippen LogP contribution in [0.25, 0.3) is 0 Å². The normalized spacial score (nSPS) is 17.5. The summed E-state index contributed by atoms with van der Waals surface area (Å²) in [6, 6.07) is 12.8. The first-order valence-corrected chi connectivity index (χ1v) is 7.14. The highest BCUT2D eigenvalue weighted by molar-refractivity contribution is 5.46. The first-order chi connectivity index (χ1) is 9.22. The van der Waals surface area contributed by atoms with Gasteiger partial charge in [0.05, 0.1) is 6.07 Å². The van der Waals surface area contributed by atoms with Gasteiger partial charge >= 0.3 is 0 Å². The first-order valence-electron chi connectivity index (χ1n) is 7.14. The Morgan fingerprint density at radius 1 is 1.37 bits per heavy atom. The molecule has 0 heterocycles. The van der Waals surface area contributed by atoms with Crippen molar-refractivity contribution in [1.82, 2.24) is 5.32 Å². The lowest BCUT2D eigenvalue weighted by Gasteiger charge is -2.33. The quantitative estimate of drug-likeness (QED) is 0.816. The van der Waals surface area contributed by atoms with E-state index in [1.165, 1.54) is 18.5 Å². The molecule has 0 radical (unpaired) electrons. The number of anilines is 1. The predicted molar refractivity (Wildman–Crippen MR) is 79.1 cm³/mol. The highest BCUT2D eigenvalue weighted by Gasteiger charge is 2.46. The summed E-state index contributed by atoms with van der Waals surface area (Å²) >= 11 is 0. The van der Waals surface area contributed by atoms with E-state index >= 15 is 0 Å². The lowest BCUT2D eigenvalue weighted by molar-refractivity contribution is 0.369.